The Morgan fingerprint density at radius 2 is 1.97 bits per heavy atom. The highest BCUT2D eigenvalue weighted by atomic mass is 32.1. The quantitative estimate of drug-likeness (QED) is 0.437. The van der Waals surface area contributed by atoms with Crippen molar-refractivity contribution in [1.29, 1.82) is 0 Å². The van der Waals surface area contributed by atoms with Gasteiger partial charge in [0, 0.05) is 11.6 Å². The fourth-order valence-corrected chi connectivity index (χ4v) is 4.82. The minimum atomic E-state index is -0.225. The number of para-hydroxylation sites is 1. The summed E-state index contributed by atoms with van der Waals surface area (Å²) >= 11 is 1.56. The third kappa shape index (κ3) is 3.73. The molecule has 1 aliphatic rings. The standard InChI is InChI=1S/C24H22N4O3S/c1-30-19-12-10-15(14-20(19)31-2)11-13-22(29)26-23-16-6-5-8-17(16)27-28(23)24-25-18-7-3-4-9-21(18)32-24/h3-4,7,9-14H,5-6,8H2,1-2H3,(H,26,29)/b13-11+. The largest absolute Gasteiger partial charge is 0.493 e. The van der Waals surface area contributed by atoms with Gasteiger partial charge in [-0.25, -0.2) is 4.98 Å². The van der Waals surface area contributed by atoms with Crippen LogP contribution in [-0.2, 0) is 17.6 Å². The monoisotopic (exact) mass is 446 g/mol. The first-order chi connectivity index (χ1) is 15.7. The van der Waals surface area contributed by atoms with Crippen LogP contribution >= 0.6 is 11.3 Å². The Morgan fingerprint density at radius 3 is 2.78 bits per heavy atom. The number of benzene rings is 2. The zero-order chi connectivity index (χ0) is 22.1. The molecule has 0 aliphatic heterocycles. The molecule has 5 rings (SSSR count). The minimum Gasteiger partial charge on any atom is -0.493 e. The second kappa shape index (κ2) is 8.47. The lowest BCUT2D eigenvalue weighted by Crippen LogP contribution is -2.13. The summed E-state index contributed by atoms with van der Waals surface area (Å²) in [4.78, 5) is 17.5. The van der Waals surface area contributed by atoms with E-state index in [0.717, 1.165) is 51.4 Å². The van der Waals surface area contributed by atoms with Crippen molar-refractivity contribution in [3.63, 3.8) is 0 Å². The van der Waals surface area contributed by atoms with Gasteiger partial charge < -0.3 is 14.8 Å². The van der Waals surface area contributed by atoms with Gasteiger partial charge in [-0.1, -0.05) is 29.5 Å². The molecule has 7 nitrogen and oxygen atoms in total. The maximum atomic E-state index is 12.8. The third-order valence-corrected chi connectivity index (χ3v) is 6.46. The van der Waals surface area contributed by atoms with Crippen molar-refractivity contribution in [1.82, 2.24) is 14.8 Å². The summed E-state index contributed by atoms with van der Waals surface area (Å²) < 4.78 is 13.5. The molecule has 1 amide bonds. The second-order valence-electron chi connectivity index (χ2n) is 7.44. The molecule has 0 radical (unpaired) electrons. The first-order valence-electron chi connectivity index (χ1n) is 10.3. The van der Waals surface area contributed by atoms with Crippen molar-refractivity contribution >= 4 is 39.4 Å². The van der Waals surface area contributed by atoms with E-state index in [4.69, 9.17) is 19.6 Å². The number of carbonyl (C=O) groups excluding carboxylic acids is 1. The van der Waals surface area contributed by atoms with Crippen LogP contribution in [-0.4, -0.2) is 34.9 Å². The van der Waals surface area contributed by atoms with E-state index in [9.17, 15) is 4.79 Å². The van der Waals surface area contributed by atoms with Gasteiger partial charge in [0.2, 0.25) is 11.0 Å². The van der Waals surface area contributed by atoms with Crippen LogP contribution in [0.25, 0.3) is 21.4 Å². The number of nitrogens with zero attached hydrogens (tertiary/aromatic N) is 3. The van der Waals surface area contributed by atoms with Gasteiger partial charge in [0.25, 0.3) is 0 Å². The topological polar surface area (TPSA) is 78.3 Å². The molecule has 2 heterocycles. The lowest BCUT2D eigenvalue weighted by atomic mass is 10.2. The Bertz CT molecular complexity index is 1310. The number of aromatic nitrogens is 3. The van der Waals surface area contributed by atoms with Crippen molar-refractivity contribution in [2.24, 2.45) is 0 Å². The number of thiazole rings is 1. The molecule has 0 saturated carbocycles. The summed E-state index contributed by atoms with van der Waals surface area (Å²) in [5, 5.41) is 8.56. The van der Waals surface area contributed by atoms with Crippen LogP contribution in [0.4, 0.5) is 5.82 Å². The summed E-state index contributed by atoms with van der Waals surface area (Å²) in [5.41, 5.74) is 3.89. The lowest BCUT2D eigenvalue weighted by molar-refractivity contribution is -0.111. The van der Waals surface area contributed by atoms with E-state index < -0.39 is 0 Å². The number of amides is 1. The zero-order valence-electron chi connectivity index (χ0n) is 17.8. The van der Waals surface area contributed by atoms with Gasteiger partial charge in [-0.3, -0.25) is 4.79 Å². The van der Waals surface area contributed by atoms with Gasteiger partial charge >= 0.3 is 0 Å². The average Bonchev–Trinajstić information content (AvgIpc) is 3.52. The van der Waals surface area contributed by atoms with E-state index in [-0.39, 0.29) is 5.91 Å². The van der Waals surface area contributed by atoms with Crippen LogP contribution in [0.1, 0.15) is 23.2 Å². The zero-order valence-corrected chi connectivity index (χ0v) is 18.6. The van der Waals surface area contributed by atoms with Crippen LogP contribution in [0.5, 0.6) is 11.5 Å². The number of methoxy groups -OCH3 is 2. The van der Waals surface area contributed by atoms with Gasteiger partial charge in [-0.05, 0) is 55.2 Å². The number of fused-ring (bicyclic) bond motifs is 2. The van der Waals surface area contributed by atoms with Crippen LogP contribution in [0, 0.1) is 0 Å². The summed E-state index contributed by atoms with van der Waals surface area (Å²) in [6, 6.07) is 13.5. The first kappa shape index (κ1) is 20.3. The molecule has 1 aliphatic carbocycles. The molecular weight excluding hydrogens is 424 g/mol. The summed E-state index contributed by atoms with van der Waals surface area (Å²) in [7, 11) is 3.18. The molecule has 0 spiro atoms. The second-order valence-corrected chi connectivity index (χ2v) is 8.45. The number of anilines is 1. The molecule has 4 aromatic rings. The van der Waals surface area contributed by atoms with Gasteiger partial charge in [-0.2, -0.15) is 9.78 Å². The van der Waals surface area contributed by atoms with Gasteiger partial charge in [-0.15, -0.1) is 0 Å². The van der Waals surface area contributed by atoms with E-state index in [1.807, 2.05) is 42.5 Å². The predicted molar refractivity (Wildman–Crippen MR) is 126 cm³/mol. The average molecular weight is 447 g/mol. The van der Waals surface area contributed by atoms with Crippen LogP contribution in [0.3, 0.4) is 0 Å². The molecule has 0 atom stereocenters. The fraction of sp³-hybridized carbons (Fsp3) is 0.208. The Morgan fingerprint density at radius 1 is 1.12 bits per heavy atom. The normalized spacial score (nSPS) is 12.9. The van der Waals surface area contributed by atoms with Crippen molar-refractivity contribution < 1.29 is 14.3 Å². The highest BCUT2D eigenvalue weighted by Crippen LogP contribution is 2.34. The van der Waals surface area contributed by atoms with Crippen LogP contribution < -0.4 is 14.8 Å². The number of hydrogen-bond donors (Lipinski definition) is 1. The molecule has 0 saturated heterocycles. The van der Waals surface area contributed by atoms with E-state index in [1.165, 1.54) is 6.08 Å². The molecule has 0 bridgehead atoms. The molecule has 2 aromatic carbocycles. The highest BCUT2D eigenvalue weighted by Gasteiger charge is 2.25. The SMILES string of the molecule is COc1ccc(/C=C/C(=O)Nc2c3c(nn2-c2nc4ccccc4s2)CCC3)cc1OC. The van der Waals surface area contributed by atoms with E-state index in [1.54, 1.807) is 36.3 Å². The fourth-order valence-electron chi connectivity index (χ4n) is 3.90. The van der Waals surface area contributed by atoms with Gasteiger partial charge in [0.05, 0.1) is 30.1 Å². The lowest BCUT2D eigenvalue weighted by Gasteiger charge is -2.08. The van der Waals surface area contributed by atoms with Gasteiger partial charge in [0.15, 0.2) is 11.5 Å². The summed E-state index contributed by atoms with van der Waals surface area (Å²) in [5.74, 6) is 1.74. The van der Waals surface area contributed by atoms with E-state index >= 15 is 0 Å². The predicted octanol–water partition coefficient (Wildman–Crippen LogP) is 4.64. The molecule has 8 heteroatoms. The van der Waals surface area contributed by atoms with Gasteiger partial charge in [0.1, 0.15) is 5.82 Å². The van der Waals surface area contributed by atoms with Crippen molar-refractivity contribution in [3.8, 4) is 16.6 Å². The number of nitrogens with one attached hydrogen (secondary N) is 1. The third-order valence-electron chi connectivity index (χ3n) is 5.45. The Hall–Kier alpha value is -3.65. The highest BCUT2D eigenvalue weighted by molar-refractivity contribution is 7.20. The Kier molecular flexibility index (Phi) is 5.36. The van der Waals surface area contributed by atoms with E-state index in [2.05, 4.69) is 5.32 Å². The molecule has 32 heavy (non-hydrogen) atoms. The maximum absolute atomic E-state index is 12.8. The molecule has 0 unspecified atom stereocenters. The minimum absolute atomic E-state index is 0.225. The number of hydrogen-bond acceptors (Lipinski definition) is 6. The molecule has 162 valence electrons. The number of ether oxygens (including phenoxy) is 2. The Balaban J connectivity index is 1.43. The smallest absolute Gasteiger partial charge is 0.249 e. The van der Waals surface area contributed by atoms with Crippen LogP contribution in [0.2, 0.25) is 0 Å². The number of carbonyl (C=O) groups is 1. The molecule has 1 N–H and O–H groups in total. The van der Waals surface area contributed by atoms with Crippen LogP contribution in [0.15, 0.2) is 48.5 Å². The van der Waals surface area contributed by atoms with Crippen molar-refractivity contribution in [2.75, 3.05) is 19.5 Å². The molecule has 2 aromatic heterocycles. The number of rotatable bonds is 6. The maximum Gasteiger partial charge on any atom is 0.249 e. The first-order valence-corrected chi connectivity index (χ1v) is 11.2. The van der Waals surface area contributed by atoms with E-state index in [0.29, 0.717) is 17.3 Å². The molecule has 0 fully saturated rings. The number of aryl methyl sites for hydroxylation is 1. The van der Waals surface area contributed by atoms with Crippen molar-refractivity contribution in [3.05, 3.63) is 65.4 Å². The Labute approximate surface area is 189 Å². The summed E-state index contributed by atoms with van der Waals surface area (Å²) in [6.07, 6.45) is 6.11. The van der Waals surface area contributed by atoms with Crippen molar-refractivity contribution in [2.45, 2.75) is 19.3 Å². The summed E-state index contributed by atoms with van der Waals surface area (Å²) in [6.45, 7) is 0. The molecular formula is C24H22N4O3S.